The van der Waals surface area contributed by atoms with Crippen molar-refractivity contribution >= 4 is 17.9 Å². The molecule has 1 fully saturated rings. The minimum absolute atomic E-state index is 0.329. The molecule has 7 heteroatoms. The van der Waals surface area contributed by atoms with Gasteiger partial charge in [-0.25, -0.2) is 4.98 Å². The van der Waals surface area contributed by atoms with Crippen molar-refractivity contribution in [2.45, 2.75) is 25.9 Å². The van der Waals surface area contributed by atoms with Gasteiger partial charge in [-0.1, -0.05) is 0 Å². The highest BCUT2D eigenvalue weighted by molar-refractivity contribution is 5.95. The van der Waals surface area contributed by atoms with E-state index >= 15 is 0 Å². The molecule has 0 saturated carbocycles. The van der Waals surface area contributed by atoms with Crippen molar-refractivity contribution in [1.82, 2.24) is 9.88 Å². The van der Waals surface area contributed by atoms with E-state index in [0.717, 1.165) is 37.6 Å². The molecule has 1 aromatic heterocycles. The maximum absolute atomic E-state index is 5.44. The molecule has 1 aliphatic rings. The lowest BCUT2D eigenvalue weighted by Gasteiger charge is -2.36. The number of piperidine rings is 1. The zero-order valence-electron chi connectivity index (χ0n) is 14.3. The average molecular weight is 319 g/mol. The summed E-state index contributed by atoms with van der Waals surface area (Å²) in [5, 5.41) is 8.44. The summed E-state index contributed by atoms with van der Waals surface area (Å²) in [6.07, 6.45) is 5.75. The lowest BCUT2D eigenvalue weighted by Crippen LogP contribution is -2.47. The van der Waals surface area contributed by atoms with Crippen LogP contribution >= 0.6 is 0 Å². The van der Waals surface area contributed by atoms with Gasteiger partial charge in [-0.2, -0.15) is 5.10 Å². The summed E-state index contributed by atoms with van der Waals surface area (Å²) in [5.41, 5.74) is 0.935. The topological polar surface area (TPSA) is 62.5 Å². The van der Waals surface area contributed by atoms with E-state index in [1.54, 1.807) is 26.6 Å². The van der Waals surface area contributed by atoms with Crippen LogP contribution in [0.5, 0.6) is 5.88 Å². The summed E-state index contributed by atoms with van der Waals surface area (Å²) in [4.78, 5) is 8.48. The first-order chi connectivity index (χ1) is 11.2. The minimum atomic E-state index is 0.329. The second-order valence-electron chi connectivity index (χ2n) is 5.31. The molecule has 1 aromatic rings. The van der Waals surface area contributed by atoms with Gasteiger partial charge in [-0.3, -0.25) is 0 Å². The van der Waals surface area contributed by atoms with Gasteiger partial charge >= 0.3 is 0 Å². The van der Waals surface area contributed by atoms with Crippen LogP contribution in [0.2, 0.25) is 0 Å². The zero-order chi connectivity index (χ0) is 16.7. The average Bonchev–Trinajstić information content (AvgIpc) is 2.62. The summed E-state index contributed by atoms with van der Waals surface area (Å²) in [7, 11) is 5.34. The van der Waals surface area contributed by atoms with Gasteiger partial charge in [0.25, 0.3) is 0 Å². The number of rotatable bonds is 4. The van der Waals surface area contributed by atoms with Gasteiger partial charge in [0.1, 0.15) is 0 Å². The van der Waals surface area contributed by atoms with Crippen LogP contribution in [0.1, 0.15) is 19.8 Å². The van der Waals surface area contributed by atoms with Gasteiger partial charge in [-0.05, 0) is 25.8 Å². The molecule has 1 saturated heterocycles. The van der Waals surface area contributed by atoms with Gasteiger partial charge < -0.3 is 19.3 Å². The lowest BCUT2D eigenvalue weighted by molar-refractivity contribution is 0.0575. The summed E-state index contributed by atoms with van der Waals surface area (Å²) in [6.45, 7) is 3.64. The highest BCUT2D eigenvalue weighted by Gasteiger charge is 2.24. The number of guanidine groups is 1. The van der Waals surface area contributed by atoms with Crippen molar-refractivity contribution in [3.05, 3.63) is 18.3 Å². The summed E-state index contributed by atoms with van der Waals surface area (Å²) in [6, 6.07) is 3.79. The van der Waals surface area contributed by atoms with Gasteiger partial charge in [0.05, 0.1) is 25.1 Å². The standard InChI is InChI=1S/C16H25N5O2/c1-5-18-19-16(21-10-8-14(22-3)9-11-21)20(2)13-6-7-15(23-4)17-12-13/h5-7,12,14H,8-11H2,1-4H3/b18-5+,19-16+. The molecular weight excluding hydrogens is 294 g/mol. The van der Waals surface area contributed by atoms with Gasteiger partial charge in [-0.15, -0.1) is 5.10 Å². The fourth-order valence-corrected chi connectivity index (χ4v) is 2.55. The Bertz CT molecular complexity index is 536. The first kappa shape index (κ1) is 17.2. The van der Waals surface area contributed by atoms with Crippen LogP contribution in [-0.4, -0.2) is 62.5 Å². The first-order valence-electron chi connectivity index (χ1n) is 7.76. The Morgan fingerprint density at radius 2 is 2.09 bits per heavy atom. The number of anilines is 1. The van der Waals surface area contributed by atoms with E-state index < -0.39 is 0 Å². The third-order valence-corrected chi connectivity index (χ3v) is 3.94. The van der Waals surface area contributed by atoms with Crippen LogP contribution in [0.4, 0.5) is 5.69 Å². The number of methoxy groups -OCH3 is 2. The number of pyridine rings is 1. The zero-order valence-corrected chi connectivity index (χ0v) is 14.3. The van der Waals surface area contributed by atoms with E-state index in [1.165, 1.54) is 0 Å². The van der Waals surface area contributed by atoms with E-state index in [9.17, 15) is 0 Å². The molecule has 2 heterocycles. The first-order valence-corrected chi connectivity index (χ1v) is 7.76. The highest BCUT2D eigenvalue weighted by Crippen LogP contribution is 2.19. The van der Waals surface area contributed by atoms with Crippen LogP contribution in [0.25, 0.3) is 0 Å². The summed E-state index contributed by atoms with van der Waals surface area (Å²) in [5.74, 6) is 1.40. The monoisotopic (exact) mass is 319 g/mol. The van der Waals surface area contributed by atoms with E-state index in [4.69, 9.17) is 9.47 Å². The van der Waals surface area contributed by atoms with Gasteiger partial charge in [0, 0.05) is 39.5 Å². The normalized spacial score (nSPS) is 16.9. The molecule has 0 atom stereocenters. The number of ether oxygens (including phenoxy) is 2. The molecule has 0 aromatic carbocycles. The van der Waals surface area contributed by atoms with Crippen LogP contribution in [-0.2, 0) is 4.74 Å². The maximum atomic E-state index is 5.44. The molecule has 7 nitrogen and oxygen atoms in total. The Kier molecular flexibility index (Phi) is 6.34. The quantitative estimate of drug-likeness (QED) is 0.482. The Morgan fingerprint density at radius 3 is 2.61 bits per heavy atom. The number of nitrogens with zero attached hydrogens (tertiary/aromatic N) is 5. The number of likely N-dealkylation sites (tertiary alicyclic amines) is 1. The molecule has 0 aliphatic carbocycles. The largest absolute Gasteiger partial charge is 0.481 e. The third kappa shape index (κ3) is 4.41. The third-order valence-electron chi connectivity index (χ3n) is 3.94. The van der Waals surface area contributed by atoms with Crippen LogP contribution < -0.4 is 9.64 Å². The molecule has 0 N–H and O–H groups in total. The molecule has 0 unspecified atom stereocenters. The maximum Gasteiger partial charge on any atom is 0.225 e. The van der Waals surface area contributed by atoms with Crippen LogP contribution in [0.15, 0.2) is 28.5 Å². The predicted molar refractivity (Wildman–Crippen MR) is 92.4 cm³/mol. The van der Waals surface area contributed by atoms with E-state index in [-0.39, 0.29) is 0 Å². The Labute approximate surface area is 137 Å². The molecule has 0 bridgehead atoms. The molecule has 2 rings (SSSR count). The van der Waals surface area contributed by atoms with Crippen molar-refractivity contribution < 1.29 is 9.47 Å². The van der Waals surface area contributed by atoms with Crippen LogP contribution in [0, 0.1) is 0 Å². The second kappa shape index (κ2) is 8.47. The smallest absolute Gasteiger partial charge is 0.225 e. The predicted octanol–water partition coefficient (Wildman–Crippen LogP) is 2.00. The molecule has 126 valence electrons. The molecule has 0 radical (unpaired) electrons. The minimum Gasteiger partial charge on any atom is -0.481 e. The van der Waals surface area contributed by atoms with Crippen molar-refractivity contribution in [3.8, 4) is 5.88 Å². The fraction of sp³-hybridized carbons (Fsp3) is 0.562. The number of hydrogen-bond donors (Lipinski definition) is 0. The molecule has 1 aliphatic heterocycles. The number of aromatic nitrogens is 1. The molecule has 0 spiro atoms. The Balaban J connectivity index is 2.17. The lowest BCUT2D eigenvalue weighted by atomic mass is 10.1. The fourth-order valence-electron chi connectivity index (χ4n) is 2.55. The molecule has 23 heavy (non-hydrogen) atoms. The molecule has 0 amide bonds. The van der Waals surface area contributed by atoms with Crippen molar-refractivity contribution in [3.63, 3.8) is 0 Å². The van der Waals surface area contributed by atoms with Gasteiger partial charge in [0.15, 0.2) is 0 Å². The van der Waals surface area contributed by atoms with E-state index in [0.29, 0.717) is 12.0 Å². The SMILES string of the molecule is C/C=N/N=C(/N1CCC(OC)CC1)N(C)c1ccc(OC)nc1. The van der Waals surface area contributed by atoms with Crippen LogP contribution in [0.3, 0.4) is 0 Å². The highest BCUT2D eigenvalue weighted by atomic mass is 16.5. The van der Waals surface area contributed by atoms with Crippen molar-refractivity contribution in [1.29, 1.82) is 0 Å². The van der Waals surface area contributed by atoms with Crippen molar-refractivity contribution in [2.75, 3.05) is 39.3 Å². The van der Waals surface area contributed by atoms with Crippen molar-refractivity contribution in [2.24, 2.45) is 10.2 Å². The Morgan fingerprint density at radius 1 is 1.35 bits per heavy atom. The number of hydrogen-bond acceptors (Lipinski definition) is 5. The summed E-state index contributed by atoms with van der Waals surface area (Å²) >= 11 is 0. The second-order valence-corrected chi connectivity index (χ2v) is 5.31. The van der Waals surface area contributed by atoms with Gasteiger partial charge in [0.2, 0.25) is 11.8 Å². The van der Waals surface area contributed by atoms with E-state index in [2.05, 4.69) is 20.1 Å². The Hall–Kier alpha value is -2.15. The summed E-state index contributed by atoms with van der Waals surface area (Å²) < 4.78 is 10.5. The van der Waals surface area contributed by atoms with E-state index in [1.807, 2.05) is 31.0 Å². The molecular formula is C16H25N5O2.